The second-order valence-electron chi connectivity index (χ2n) is 12.5. The first-order valence-corrected chi connectivity index (χ1v) is 16.3. The zero-order chi connectivity index (χ0) is 25.3. The highest BCUT2D eigenvalue weighted by Gasteiger charge is 2.41. The summed E-state index contributed by atoms with van der Waals surface area (Å²) in [7, 11) is 2.78. The summed E-state index contributed by atoms with van der Waals surface area (Å²) in [6.45, 7) is 13.6. The van der Waals surface area contributed by atoms with Crippen LogP contribution in [0.25, 0.3) is 10.9 Å². The Bertz CT molecular complexity index is 1110. The normalized spacial score (nSPS) is 21.7. The van der Waals surface area contributed by atoms with Gasteiger partial charge in [-0.15, -0.1) is 0 Å². The van der Waals surface area contributed by atoms with Crippen molar-refractivity contribution in [1.82, 2.24) is 14.9 Å². The van der Waals surface area contributed by atoms with Gasteiger partial charge < -0.3 is 14.6 Å². The molecule has 0 amide bonds. The van der Waals surface area contributed by atoms with Crippen molar-refractivity contribution in [3.63, 3.8) is 0 Å². The zero-order valence-electron chi connectivity index (χ0n) is 22.9. The first-order chi connectivity index (χ1) is 16.5. The van der Waals surface area contributed by atoms with Crippen LogP contribution in [0.3, 0.4) is 0 Å². The third-order valence-electron chi connectivity index (χ3n) is 9.17. The largest absolute Gasteiger partial charge is 0.376 e. The van der Waals surface area contributed by atoms with Gasteiger partial charge in [-0.2, -0.15) is 0 Å². The van der Waals surface area contributed by atoms with Crippen molar-refractivity contribution < 1.29 is 4.74 Å². The van der Waals surface area contributed by atoms with Crippen LogP contribution in [0.4, 0.5) is 0 Å². The van der Waals surface area contributed by atoms with Crippen molar-refractivity contribution in [2.75, 3.05) is 20.7 Å². The molecule has 4 rings (SSSR count). The third-order valence-corrected chi connectivity index (χ3v) is 14.6. The number of pyridine rings is 1. The van der Waals surface area contributed by atoms with Crippen molar-refractivity contribution in [1.29, 1.82) is 0 Å². The number of nitrogens with one attached hydrogen (secondary N) is 1. The van der Waals surface area contributed by atoms with Crippen molar-refractivity contribution in [2.24, 2.45) is 5.92 Å². The minimum Gasteiger partial charge on any atom is -0.376 e. The van der Waals surface area contributed by atoms with Crippen molar-refractivity contribution >= 4 is 24.3 Å². The third kappa shape index (κ3) is 5.42. The van der Waals surface area contributed by atoms with Crippen molar-refractivity contribution in [3.8, 4) is 0 Å². The monoisotopic (exact) mass is 491 g/mol. The molecule has 35 heavy (non-hydrogen) atoms. The number of aromatic nitrogens is 2. The van der Waals surface area contributed by atoms with Gasteiger partial charge in [-0.3, -0.25) is 4.98 Å². The minimum atomic E-state index is -1.74. The molecule has 1 aliphatic rings. The Kier molecular flexibility index (Phi) is 7.61. The SMILES string of the molecule is CN(C)C1(Cc2ccccc2)CCC(COCc2c([Si](C)(C)C(C)(C)C)[nH]c3ccncc23)CC1. The summed E-state index contributed by atoms with van der Waals surface area (Å²) in [6, 6.07) is 13.1. The molecule has 0 atom stereocenters. The van der Waals surface area contributed by atoms with E-state index in [-0.39, 0.29) is 10.6 Å². The Labute approximate surface area is 213 Å². The van der Waals surface area contributed by atoms with Crippen LogP contribution >= 0.6 is 0 Å². The van der Waals surface area contributed by atoms with E-state index in [1.807, 2.05) is 12.4 Å². The first kappa shape index (κ1) is 26.1. The van der Waals surface area contributed by atoms with Gasteiger partial charge in [0, 0.05) is 46.3 Å². The van der Waals surface area contributed by atoms with Crippen molar-refractivity contribution in [2.45, 2.75) is 83.2 Å². The van der Waals surface area contributed by atoms with Gasteiger partial charge >= 0.3 is 0 Å². The molecule has 1 aromatic carbocycles. The highest BCUT2D eigenvalue weighted by molar-refractivity contribution is 6.92. The standard InChI is InChI=1S/C30H45N3OSi/c1-29(2,3)35(6,7)28-26(25-20-31-18-15-27(25)32-28)22-34-21-24-13-16-30(17-14-24,33(4)5)19-23-11-9-8-10-12-23/h8-12,15,18,20,24,32H,13-14,16-17,19,21-22H2,1-7H3. The summed E-state index contributed by atoms with van der Waals surface area (Å²) < 4.78 is 6.48. The van der Waals surface area contributed by atoms with Crippen LogP contribution in [-0.4, -0.2) is 49.2 Å². The van der Waals surface area contributed by atoms with Crippen molar-refractivity contribution in [3.05, 3.63) is 59.9 Å². The fourth-order valence-corrected chi connectivity index (χ4v) is 7.77. The summed E-state index contributed by atoms with van der Waals surface area (Å²) in [5.74, 6) is 0.638. The molecule has 4 nitrogen and oxygen atoms in total. The van der Waals surface area contributed by atoms with Gasteiger partial charge in [0.25, 0.3) is 0 Å². The molecule has 0 unspecified atom stereocenters. The Hall–Kier alpha value is -1.95. The van der Waals surface area contributed by atoms with Crippen LogP contribution < -0.4 is 5.32 Å². The summed E-state index contributed by atoms with van der Waals surface area (Å²) in [5, 5.41) is 2.91. The summed E-state index contributed by atoms with van der Waals surface area (Å²) in [5.41, 5.74) is 4.23. The van der Waals surface area contributed by atoms with Gasteiger partial charge in [0.15, 0.2) is 0 Å². The molecule has 0 spiro atoms. The molecule has 2 heterocycles. The number of aromatic amines is 1. The highest BCUT2D eigenvalue weighted by atomic mass is 28.3. The lowest BCUT2D eigenvalue weighted by molar-refractivity contribution is 0.0310. The van der Waals surface area contributed by atoms with Crippen LogP contribution in [0.5, 0.6) is 0 Å². The van der Waals surface area contributed by atoms with E-state index in [2.05, 4.69) is 99.2 Å². The first-order valence-electron chi connectivity index (χ1n) is 13.3. The summed E-state index contributed by atoms with van der Waals surface area (Å²) in [6.07, 6.45) is 9.95. The van der Waals surface area contributed by atoms with Gasteiger partial charge in [-0.1, -0.05) is 64.2 Å². The number of H-pyrrole nitrogens is 1. The lowest BCUT2D eigenvalue weighted by Gasteiger charge is -2.45. The van der Waals surface area contributed by atoms with E-state index in [1.165, 1.54) is 53.0 Å². The van der Waals surface area contributed by atoms with Gasteiger partial charge in [-0.25, -0.2) is 0 Å². The number of nitrogens with zero attached hydrogens (tertiary/aromatic N) is 2. The average Bonchev–Trinajstić information content (AvgIpc) is 3.19. The molecule has 0 aliphatic heterocycles. The Morgan fingerprint density at radius 3 is 2.40 bits per heavy atom. The number of benzene rings is 1. The molecule has 190 valence electrons. The van der Waals surface area contributed by atoms with E-state index in [4.69, 9.17) is 4.74 Å². The van der Waals surface area contributed by atoms with E-state index in [9.17, 15) is 0 Å². The smallest absolute Gasteiger partial charge is 0.107 e. The predicted octanol–water partition coefficient (Wildman–Crippen LogP) is 6.53. The maximum atomic E-state index is 6.48. The molecule has 1 aliphatic carbocycles. The molecule has 0 radical (unpaired) electrons. The number of rotatable bonds is 8. The Balaban J connectivity index is 1.42. The number of hydrogen-bond acceptors (Lipinski definition) is 3. The zero-order valence-corrected chi connectivity index (χ0v) is 23.9. The van der Waals surface area contributed by atoms with Gasteiger partial charge in [0.05, 0.1) is 6.61 Å². The second-order valence-corrected chi connectivity index (χ2v) is 17.8. The van der Waals surface area contributed by atoms with Gasteiger partial charge in [0.2, 0.25) is 0 Å². The number of fused-ring (bicyclic) bond motifs is 1. The molecular formula is C30H45N3OSi. The predicted molar refractivity (Wildman–Crippen MR) is 151 cm³/mol. The molecule has 2 aromatic heterocycles. The average molecular weight is 492 g/mol. The van der Waals surface area contributed by atoms with Gasteiger partial charge in [-0.05, 0) is 68.8 Å². The van der Waals surface area contributed by atoms with Crippen LogP contribution in [0.1, 0.15) is 57.6 Å². The van der Waals surface area contributed by atoms with Crippen LogP contribution in [0.2, 0.25) is 18.1 Å². The molecule has 0 saturated heterocycles. The van der Waals surface area contributed by atoms with Crippen LogP contribution in [-0.2, 0) is 17.8 Å². The maximum Gasteiger partial charge on any atom is 0.107 e. The van der Waals surface area contributed by atoms with E-state index in [0.717, 1.165) is 13.0 Å². The fourth-order valence-electron chi connectivity index (χ4n) is 5.61. The summed E-state index contributed by atoms with van der Waals surface area (Å²) in [4.78, 5) is 10.7. The minimum absolute atomic E-state index is 0.258. The number of hydrogen-bond donors (Lipinski definition) is 1. The highest BCUT2D eigenvalue weighted by Crippen LogP contribution is 2.39. The van der Waals surface area contributed by atoms with Gasteiger partial charge in [0.1, 0.15) is 8.07 Å². The second kappa shape index (κ2) is 10.2. The molecule has 0 bridgehead atoms. The molecule has 1 saturated carbocycles. The summed E-state index contributed by atoms with van der Waals surface area (Å²) >= 11 is 0. The van der Waals surface area contributed by atoms with E-state index in [0.29, 0.717) is 12.5 Å². The topological polar surface area (TPSA) is 41.1 Å². The molecule has 3 aromatic rings. The fraction of sp³-hybridized carbons (Fsp3) is 0.567. The molecule has 1 fully saturated rings. The Morgan fingerprint density at radius 1 is 1.09 bits per heavy atom. The number of ether oxygens (including phenoxy) is 1. The Morgan fingerprint density at radius 2 is 1.77 bits per heavy atom. The van der Waals surface area contributed by atoms with E-state index >= 15 is 0 Å². The lowest BCUT2D eigenvalue weighted by atomic mass is 9.73. The van der Waals surface area contributed by atoms with E-state index in [1.54, 1.807) is 0 Å². The lowest BCUT2D eigenvalue weighted by Crippen LogP contribution is -2.51. The quantitative estimate of drug-likeness (QED) is 0.364. The molecular weight excluding hydrogens is 446 g/mol. The van der Waals surface area contributed by atoms with Crippen LogP contribution in [0.15, 0.2) is 48.8 Å². The number of likely N-dealkylation sites (N-methyl/N-ethyl adjacent to an activating group) is 1. The molecule has 1 N–H and O–H groups in total. The van der Waals surface area contributed by atoms with E-state index < -0.39 is 8.07 Å². The maximum absolute atomic E-state index is 6.48. The molecule has 5 heteroatoms. The van der Waals surface area contributed by atoms with Crippen LogP contribution in [0, 0.1) is 5.92 Å².